The number of carboxylic acids is 1. The van der Waals surface area contributed by atoms with Crippen molar-refractivity contribution in [1.82, 2.24) is 0 Å². The summed E-state index contributed by atoms with van der Waals surface area (Å²) in [5.41, 5.74) is 2.77. The fourth-order valence-electron chi connectivity index (χ4n) is 3.08. The number of aryl methyl sites for hydroxylation is 1. The first-order valence-corrected chi connectivity index (χ1v) is 8.39. The molecule has 7 heteroatoms. The van der Waals surface area contributed by atoms with E-state index < -0.39 is 30.5 Å². The third-order valence-corrected chi connectivity index (χ3v) is 4.47. The van der Waals surface area contributed by atoms with Gasteiger partial charge in [0.25, 0.3) is 5.91 Å². The Hall–Kier alpha value is -2.57. The van der Waals surface area contributed by atoms with Gasteiger partial charge in [0.15, 0.2) is 0 Å². The second-order valence-electron chi connectivity index (χ2n) is 6.02. The van der Waals surface area contributed by atoms with Crippen LogP contribution in [-0.2, 0) is 14.3 Å². The Labute approximate surface area is 155 Å². The van der Waals surface area contributed by atoms with E-state index in [9.17, 15) is 9.59 Å². The summed E-state index contributed by atoms with van der Waals surface area (Å²) >= 11 is 6.15. The van der Waals surface area contributed by atoms with Crippen LogP contribution in [0.15, 0.2) is 36.4 Å². The van der Waals surface area contributed by atoms with Crippen LogP contribution in [0.1, 0.15) is 29.2 Å². The number of hydrogen-bond donors (Lipinski definition) is 2. The first kappa shape index (κ1) is 18.2. The highest BCUT2D eigenvalue weighted by Gasteiger charge is 2.34. The zero-order valence-electron chi connectivity index (χ0n) is 14.3. The number of carboxylic acid groups (broad SMARTS) is 1. The number of aliphatic carboxylic acids is 1. The number of amides is 1. The largest absolute Gasteiger partial charge is 0.496 e. The molecule has 136 valence electrons. The van der Waals surface area contributed by atoms with Gasteiger partial charge < -0.3 is 19.9 Å². The topological polar surface area (TPSA) is 84.9 Å². The SMILES string of the molecule is COc1c(C)cccc1C1OC(CC(=O)O)C(=O)Nc2ccc(Cl)cc21. The molecule has 0 fully saturated rings. The molecular weight excluding hydrogens is 358 g/mol. The standard InChI is InChI=1S/C19H18ClNO5/c1-10-4-3-5-12(17(10)25-2)18-13-8-11(20)6-7-14(13)21-19(24)15(26-18)9-16(22)23/h3-8,15,18H,9H2,1-2H3,(H,21,24)(H,22,23). The molecule has 2 N–H and O–H groups in total. The maximum atomic E-state index is 12.4. The van der Waals surface area contributed by atoms with Crippen LogP contribution in [0.4, 0.5) is 5.69 Å². The summed E-state index contributed by atoms with van der Waals surface area (Å²) in [7, 11) is 1.56. The highest BCUT2D eigenvalue weighted by molar-refractivity contribution is 6.30. The molecule has 1 heterocycles. The Balaban J connectivity index is 2.17. The predicted octanol–water partition coefficient (Wildman–Crippen LogP) is 3.56. The average molecular weight is 376 g/mol. The zero-order valence-corrected chi connectivity index (χ0v) is 15.0. The van der Waals surface area contributed by atoms with E-state index in [2.05, 4.69) is 5.32 Å². The lowest BCUT2D eigenvalue weighted by Gasteiger charge is -2.23. The number of para-hydroxylation sites is 1. The number of nitrogens with one attached hydrogen (secondary N) is 1. The van der Waals surface area contributed by atoms with E-state index in [0.717, 1.165) is 5.56 Å². The highest BCUT2D eigenvalue weighted by atomic mass is 35.5. The monoisotopic (exact) mass is 375 g/mol. The highest BCUT2D eigenvalue weighted by Crippen LogP contribution is 2.41. The molecule has 6 nitrogen and oxygen atoms in total. The first-order chi connectivity index (χ1) is 12.4. The van der Waals surface area contributed by atoms with Gasteiger partial charge in [-0.05, 0) is 30.7 Å². The normalized spacial score (nSPS) is 19.3. The molecule has 2 aromatic carbocycles. The minimum Gasteiger partial charge on any atom is -0.496 e. The summed E-state index contributed by atoms with van der Waals surface area (Å²) in [5, 5.41) is 12.3. The van der Waals surface area contributed by atoms with Gasteiger partial charge in [-0.2, -0.15) is 0 Å². The van der Waals surface area contributed by atoms with Crippen LogP contribution in [0.25, 0.3) is 0 Å². The van der Waals surface area contributed by atoms with Gasteiger partial charge in [-0.25, -0.2) is 0 Å². The summed E-state index contributed by atoms with van der Waals surface area (Å²) in [6.45, 7) is 1.90. The minimum atomic E-state index is -1.14. The Morgan fingerprint density at radius 1 is 1.31 bits per heavy atom. The van der Waals surface area contributed by atoms with Crippen LogP contribution in [0.2, 0.25) is 5.02 Å². The Kier molecular flexibility index (Phi) is 5.15. The van der Waals surface area contributed by atoms with E-state index in [4.69, 9.17) is 26.2 Å². The van der Waals surface area contributed by atoms with Crippen molar-refractivity contribution in [3.8, 4) is 5.75 Å². The number of halogens is 1. The van der Waals surface area contributed by atoms with Crippen LogP contribution in [-0.4, -0.2) is 30.2 Å². The maximum Gasteiger partial charge on any atom is 0.306 e. The van der Waals surface area contributed by atoms with Gasteiger partial charge in [0.2, 0.25) is 0 Å². The molecule has 3 rings (SSSR count). The van der Waals surface area contributed by atoms with Crippen molar-refractivity contribution in [2.24, 2.45) is 0 Å². The van der Waals surface area contributed by atoms with Gasteiger partial charge in [-0.1, -0.05) is 29.8 Å². The molecule has 0 saturated heterocycles. The van der Waals surface area contributed by atoms with E-state index in [1.807, 2.05) is 25.1 Å². The molecule has 0 aliphatic carbocycles. The lowest BCUT2D eigenvalue weighted by atomic mass is 9.97. The maximum absolute atomic E-state index is 12.4. The summed E-state index contributed by atoms with van der Waals surface area (Å²) < 4.78 is 11.5. The third-order valence-electron chi connectivity index (χ3n) is 4.24. The van der Waals surface area contributed by atoms with Crippen molar-refractivity contribution in [3.63, 3.8) is 0 Å². The fourth-order valence-corrected chi connectivity index (χ4v) is 3.26. The molecular formula is C19H18ClNO5. The zero-order chi connectivity index (χ0) is 18.8. The molecule has 0 saturated carbocycles. The first-order valence-electron chi connectivity index (χ1n) is 8.01. The van der Waals surface area contributed by atoms with Crippen molar-refractivity contribution < 1.29 is 24.2 Å². The summed E-state index contributed by atoms with van der Waals surface area (Å²) in [5.74, 6) is -1.01. The second-order valence-corrected chi connectivity index (χ2v) is 6.46. The van der Waals surface area contributed by atoms with Gasteiger partial charge in [-0.3, -0.25) is 9.59 Å². The molecule has 0 radical (unpaired) electrons. The number of methoxy groups -OCH3 is 1. The Morgan fingerprint density at radius 2 is 2.08 bits per heavy atom. The molecule has 1 amide bonds. The molecule has 2 aromatic rings. The number of benzene rings is 2. The molecule has 2 unspecified atom stereocenters. The average Bonchev–Trinajstić information content (AvgIpc) is 2.71. The molecule has 0 aromatic heterocycles. The lowest BCUT2D eigenvalue weighted by Crippen LogP contribution is -2.31. The molecule has 0 spiro atoms. The van der Waals surface area contributed by atoms with Gasteiger partial charge in [-0.15, -0.1) is 0 Å². The van der Waals surface area contributed by atoms with Gasteiger partial charge in [0.05, 0.1) is 13.5 Å². The molecule has 1 aliphatic heterocycles. The smallest absolute Gasteiger partial charge is 0.306 e. The minimum absolute atomic E-state index is 0.446. The lowest BCUT2D eigenvalue weighted by molar-refractivity contribution is -0.146. The van der Waals surface area contributed by atoms with Crippen molar-refractivity contribution in [2.45, 2.75) is 25.6 Å². The van der Waals surface area contributed by atoms with E-state index in [1.54, 1.807) is 25.3 Å². The number of carbonyl (C=O) groups is 2. The van der Waals surface area contributed by atoms with Crippen LogP contribution < -0.4 is 10.1 Å². The van der Waals surface area contributed by atoms with Gasteiger partial charge >= 0.3 is 5.97 Å². The van der Waals surface area contributed by atoms with Crippen LogP contribution in [0, 0.1) is 6.92 Å². The Bertz CT molecular complexity index is 867. The predicted molar refractivity (Wildman–Crippen MR) is 96.8 cm³/mol. The number of carbonyl (C=O) groups excluding carboxylic acids is 1. The molecule has 1 aliphatic rings. The van der Waals surface area contributed by atoms with Crippen LogP contribution in [0.5, 0.6) is 5.75 Å². The van der Waals surface area contributed by atoms with Crippen LogP contribution in [0.3, 0.4) is 0 Å². The van der Waals surface area contributed by atoms with Crippen molar-refractivity contribution >= 4 is 29.2 Å². The van der Waals surface area contributed by atoms with Crippen molar-refractivity contribution in [3.05, 3.63) is 58.1 Å². The molecule has 0 bridgehead atoms. The van der Waals surface area contributed by atoms with E-state index in [1.165, 1.54) is 0 Å². The van der Waals surface area contributed by atoms with E-state index >= 15 is 0 Å². The van der Waals surface area contributed by atoms with Crippen LogP contribution >= 0.6 is 11.6 Å². The molecule has 26 heavy (non-hydrogen) atoms. The summed E-state index contributed by atoms with van der Waals surface area (Å²) in [4.78, 5) is 23.6. The fraction of sp³-hybridized carbons (Fsp3) is 0.263. The third kappa shape index (κ3) is 3.52. The summed E-state index contributed by atoms with van der Waals surface area (Å²) in [6, 6.07) is 10.6. The van der Waals surface area contributed by atoms with E-state index in [-0.39, 0.29) is 0 Å². The molecule has 2 atom stereocenters. The van der Waals surface area contributed by atoms with Gasteiger partial charge in [0, 0.05) is 21.8 Å². The number of anilines is 1. The number of ether oxygens (including phenoxy) is 2. The second kappa shape index (κ2) is 7.35. The van der Waals surface area contributed by atoms with E-state index in [0.29, 0.717) is 27.6 Å². The number of rotatable bonds is 4. The van der Waals surface area contributed by atoms with Gasteiger partial charge in [0.1, 0.15) is 18.0 Å². The van der Waals surface area contributed by atoms with Crippen molar-refractivity contribution in [1.29, 1.82) is 0 Å². The Morgan fingerprint density at radius 3 is 2.77 bits per heavy atom. The van der Waals surface area contributed by atoms with Crippen molar-refractivity contribution in [2.75, 3.05) is 12.4 Å². The number of fused-ring (bicyclic) bond motifs is 1. The quantitative estimate of drug-likeness (QED) is 0.853. The summed E-state index contributed by atoms with van der Waals surface area (Å²) in [6.07, 6.45) is -2.30. The number of hydrogen-bond acceptors (Lipinski definition) is 4.